The lowest BCUT2D eigenvalue weighted by atomic mass is 9.97. The van der Waals surface area contributed by atoms with Gasteiger partial charge in [0, 0.05) is 6.54 Å². The fourth-order valence-corrected chi connectivity index (χ4v) is 3.70. The van der Waals surface area contributed by atoms with Crippen LogP contribution in [-0.4, -0.2) is 9.55 Å². The van der Waals surface area contributed by atoms with Crippen molar-refractivity contribution in [2.24, 2.45) is 17.8 Å². The largest absolute Gasteiger partial charge is 0.326 e. The number of imidazole rings is 1. The zero-order valence-corrected chi connectivity index (χ0v) is 12.7. The molecule has 20 heavy (non-hydrogen) atoms. The summed E-state index contributed by atoms with van der Waals surface area (Å²) in [6.07, 6.45) is 5.72. The first-order valence-corrected chi connectivity index (χ1v) is 8.27. The number of alkyl halides is 1. The molecule has 4 rings (SSSR count). The van der Waals surface area contributed by atoms with E-state index in [2.05, 4.69) is 28.8 Å². The predicted octanol–water partition coefficient (Wildman–Crippen LogP) is 4.77. The summed E-state index contributed by atoms with van der Waals surface area (Å²) in [4.78, 5) is 4.76. The quantitative estimate of drug-likeness (QED) is 0.725. The Hall–Kier alpha value is -1.02. The van der Waals surface area contributed by atoms with Gasteiger partial charge in [0.05, 0.1) is 16.4 Å². The van der Waals surface area contributed by atoms with Gasteiger partial charge in [-0.25, -0.2) is 4.98 Å². The molecule has 1 heterocycles. The highest BCUT2D eigenvalue weighted by Gasteiger charge is 2.41. The molecule has 1 aromatic carbocycles. The van der Waals surface area contributed by atoms with Crippen molar-refractivity contribution in [3.63, 3.8) is 0 Å². The highest BCUT2D eigenvalue weighted by Crippen LogP contribution is 2.50. The maximum Gasteiger partial charge on any atom is 0.127 e. The fourth-order valence-electron chi connectivity index (χ4n) is 3.53. The maximum atomic E-state index is 6.37. The molecule has 2 aliphatic rings. The summed E-state index contributed by atoms with van der Waals surface area (Å²) in [6, 6.07) is 8.44. The van der Waals surface area contributed by atoms with Crippen LogP contribution in [0.2, 0.25) is 0 Å². The summed E-state index contributed by atoms with van der Waals surface area (Å²) in [6.45, 7) is 3.14. The Bertz CT molecular complexity index is 611. The molecule has 0 aliphatic heterocycles. The Balaban J connectivity index is 1.74. The smallest absolute Gasteiger partial charge is 0.127 e. The Morgan fingerprint density at radius 1 is 1.20 bits per heavy atom. The van der Waals surface area contributed by atoms with Crippen LogP contribution in [0.3, 0.4) is 0 Å². The van der Waals surface area contributed by atoms with E-state index in [4.69, 9.17) is 16.6 Å². The number of benzene rings is 1. The van der Waals surface area contributed by atoms with Gasteiger partial charge < -0.3 is 4.57 Å². The Morgan fingerprint density at radius 3 is 2.45 bits per heavy atom. The van der Waals surface area contributed by atoms with Crippen molar-refractivity contribution in [3.05, 3.63) is 30.1 Å². The summed E-state index contributed by atoms with van der Waals surface area (Å²) in [5.41, 5.74) is 2.33. The molecule has 106 valence electrons. The third-order valence-corrected chi connectivity index (χ3v) is 5.08. The van der Waals surface area contributed by atoms with Gasteiger partial charge in [0.1, 0.15) is 5.82 Å². The predicted molar refractivity (Wildman–Crippen MR) is 82.9 cm³/mol. The number of rotatable bonds is 5. The Morgan fingerprint density at radius 2 is 1.85 bits per heavy atom. The third-order valence-electron chi connectivity index (χ3n) is 4.89. The number of hydrogen-bond acceptors (Lipinski definition) is 1. The molecule has 0 bridgehead atoms. The molecule has 2 nitrogen and oxygen atoms in total. The lowest BCUT2D eigenvalue weighted by Crippen LogP contribution is -2.17. The maximum absolute atomic E-state index is 6.37. The first-order chi connectivity index (χ1) is 9.74. The number of para-hydroxylation sites is 2. The van der Waals surface area contributed by atoms with Gasteiger partial charge in [0.2, 0.25) is 0 Å². The second kappa shape index (κ2) is 4.77. The van der Waals surface area contributed by atoms with Crippen LogP contribution < -0.4 is 0 Å². The van der Waals surface area contributed by atoms with Gasteiger partial charge in [-0.15, -0.1) is 11.6 Å². The van der Waals surface area contributed by atoms with Gasteiger partial charge >= 0.3 is 0 Å². The zero-order chi connectivity index (χ0) is 13.7. The van der Waals surface area contributed by atoms with E-state index in [-0.39, 0.29) is 5.38 Å². The molecule has 0 spiro atoms. The molecule has 2 aliphatic carbocycles. The van der Waals surface area contributed by atoms with Crippen LogP contribution >= 0.6 is 11.6 Å². The molecule has 0 amide bonds. The first kappa shape index (κ1) is 12.7. The summed E-state index contributed by atoms with van der Waals surface area (Å²) >= 11 is 6.37. The van der Waals surface area contributed by atoms with Crippen molar-refractivity contribution in [1.82, 2.24) is 9.55 Å². The standard InChI is InChI=1S/C17H21ClN2/c1-11(18)17-19-15-4-2-3-5-16(15)20(17)10-14(12-6-7-12)13-8-9-13/h2-5,11-14H,6-10H2,1H3. The summed E-state index contributed by atoms with van der Waals surface area (Å²) in [7, 11) is 0. The van der Waals surface area contributed by atoms with Crippen molar-refractivity contribution in [2.45, 2.75) is 44.5 Å². The SMILES string of the molecule is CC(Cl)c1nc2ccccc2n1CC(C1CC1)C1CC1. The van der Waals surface area contributed by atoms with Gasteiger partial charge in [0.15, 0.2) is 0 Å². The number of fused-ring (bicyclic) bond motifs is 1. The van der Waals surface area contributed by atoms with Crippen LogP contribution in [0.4, 0.5) is 0 Å². The molecule has 1 unspecified atom stereocenters. The van der Waals surface area contributed by atoms with Gasteiger partial charge in [-0.1, -0.05) is 12.1 Å². The highest BCUT2D eigenvalue weighted by molar-refractivity contribution is 6.20. The van der Waals surface area contributed by atoms with Gasteiger partial charge in [-0.05, 0) is 62.5 Å². The molecule has 1 atom stereocenters. The van der Waals surface area contributed by atoms with Gasteiger partial charge in [-0.2, -0.15) is 0 Å². The van der Waals surface area contributed by atoms with Crippen molar-refractivity contribution in [3.8, 4) is 0 Å². The molecular formula is C17H21ClN2. The van der Waals surface area contributed by atoms with E-state index in [0.29, 0.717) is 0 Å². The van der Waals surface area contributed by atoms with Crippen LogP contribution in [0.5, 0.6) is 0 Å². The summed E-state index contributed by atoms with van der Waals surface area (Å²) in [5, 5.41) is -0.0264. The third kappa shape index (κ3) is 2.24. The zero-order valence-electron chi connectivity index (χ0n) is 11.9. The molecular weight excluding hydrogens is 268 g/mol. The lowest BCUT2D eigenvalue weighted by Gasteiger charge is -2.19. The van der Waals surface area contributed by atoms with Crippen molar-refractivity contribution < 1.29 is 0 Å². The van der Waals surface area contributed by atoms with E-state index < -0.39 is 0 Å². The van der Waals surface area contributed by atoms with Crippen LogP contribution in [0.15, 0.2) is 24.3 Å². The topological polar surface area (TPSA) is 17.8 Å². The summed E-state index contributed by atoms with van der Waals surface area (Å²) in [5.74, 6) is 3.81. The molecule has 0 saturated heterocycles. The van der Waals surface area contributed by atoms with Crippen molar-refractivity contribution in [2.75, 3.05) is 0 Å². The normalized spacial score (nSPS) is 20.8. The van der Waals surface area contributed by atoms with E-state index in [1.54, 1.807) is 0 Å². The van der Waals surface area contributed by atoms with E-state index in [1.165, 1.54) is 31.2 Å². The minimum Gasteiger partial charge on any atom is -0.326 e. The Kier molecular flexibility index (Phi) is 3.03. The van der Waals surface area contributed by atoms with Crippen molar-refractivity contribution >= 4 is 22.6 Å². The van der Waals surface area contributed by atoms with Crippen LogP contribution in [0, 0.1) is 17.8 Å². The van der Waals surface area contributed by atoms with E-state index in [9.17, 15) is 0 Å². The van der Waals surface area contributed by atoms with E-state index in [1.807, 2.05) is 6.92 Å². The monoisotopic (exact) mass is 288 g/mol. The summed E-state index contributed by atoms with van der Waals surface area (Å²) < 4.78 is 2.40. The first-order valence-electron chi connectivity index (χ1n) is 7.83. The number of hydrogen-bond donors (Lipinski definition) is 0. The van der Waals surface area contributed by atoms with Gasteiger partial charge in [0.25, 0.3) is 0 Å². The minimum absolute atomic E-state index is 0.0264. The number of nitrogens with zero attached hydrogens (tertiary/aromatic N) is 2. The molecule has 2 saturated carbocycles. The van der Waals surface area contributed by atoms with Gasteiger partial charge in [-0.3, -0.25) is 0 Å². The molecule has 1 aromatic heterocycles. The average molecular weight is 289 g/mol. The number of aromatic nitrogens is 2. The Labute approximate surface area is 125 Å². The van der Waals surface area contributed by atoms with E-state index in [0.717, 1.165) is 35.6 Å². The molecule has 2 fully saturated rings. The van der Waals surface area contributed by atoms with Crippen LogP contribution in [0.25, 0.3) is 11.0 Å². The second-order valence-electron chi connectivity index (χ2n) is 6.52. The van der Waals surface area contributed by atoms with Crippen LogP contribution in [0.1, 0.15) is 43.8 Å². The average Bonchev–Trinajstić information content (AvgIpc) is 3.33. The lowest BCUT2D eigenvalue weighted by molar-refractivity contribution is 0.348. The van der Waals surface area contributed by atoms with Crippen molar-refractivity contribution in [1.29, 1.82) is 0 Å². The second-order valence-corrected chi connectivity index (χ2v) is 7.18. The molecule has 0 radical (unpaired) electrons. The highest BCUT2D eigenvalue weighted by atomic mass is 35.5. The number of halogens is 1. The molecule has 2 aromatic rings. The molecule has 3 heteroatoms. The minimum atomic E-state index is -0.0264. The van der Waals surface area contributed by atoms with Crippen LogP contribution in [-0.2, 0) is 6.54 Å². The van der Waals surface area contributed by atoms with E-state index >= 15 is 0 Å². The fraction of sp³-hybridized carbons (Fsp3) is 0.588. The molecule has 0 N–H and O–H groups in total.